The van der Waals surface area contributed by atoms with Gasteiger partial charge in [-0.05, 0) is 12.5 Å². The zero-order valence-corrected chi connectivity index (χ0v) is 30.4. The molecule has 3 atom stereocenters. The van der Waals surface area contributed by atoms with E-state index in [9.17, 15) is 20.2 Å². The van der Waals surface area contributed by atoms with Crippen LogP contribution in [0.15, 0.2) is 36.8 Å². The molecule has 0 aliphatic carbocycles. The average molecular weight is 862 g/mol. The van der Waals surface area contributed by atoms with Crippen LogP contribution in [0, 0.1) is 27.7 Å². The molecule has 16 nitrogen and oxygen atoms in total. The van der Waals surface area contributed by atoms with Crippen LogP contribution in [0.5, 0.6) is 11.8 Å². The Morgan fingerprint density at radius 2 is 1.18 bits per heavy atom. The van der Waals surface area contributed by atoms with Gasteiger partial charge in [0.05, 0.1) is 75.9 Å². The summed E-state index contributed by atoms with van der Waals surface area (Å²) in [4.78, 5) is 31.0. The number of aromatic nitrogens is 3. The summed E-state index contributed by atoms with van der Waals surface area (Å²) in [6.07, 6.45) is 6.20. The van der Waals surface area contributed by atoms with E-state index in [0.29, 0.717) is 49.4 Å². The number of rotatable bonds is 6. The summed E-state index contributed by atoms with van der Waals surface area (Å²) in [5, 5.41) is 30.3. The van der Waals surface area contributed by atoms with Gasteiger partial charge in [-0.2, -0.15) is 0 Å². The zero-order valence-electron chi connectivity index (χ0n) is 25.8. The fourth-order valence-electron chi connectivity index (χ4n) is 3.77. The Morgan fingerprint density at radius 1 is 0.735 bits per heavy atom. The van der Waals surface area contributed by atoms with E-state index in [0.717, 1.165) is 32.1 Å². The van der Waals surface area contributed by atoms with Gasteiger partial charge in [-0.1, -0.05) is 46.4 Å². The molecular formula is C28H33Cl4N6O10Pd-. The Kier molecular flexibility index (Phi) is 20.7. The third kappa shape index (κ3) is 15.8. The molecule has 0 amide bonds. The Morgan fingerprint density at radius 3 is 1.59 bits per heavy atom. The third-order valence-corrected chi connectivity index (χ3v) is 6.97. The summed E-state index contributed by atoms with van der Waals surface area (Å²) in [7, 11) is 0. The second kappa shape index (κ2) is 22.9. The van der Waals surface area contributed by atoms with Crippen LogP contribution in [-0.4, -0.2) is 87.9 Å². The van der Waals surface area contributed by atoms with Gasteiger partial charge in [-0.3, -0.25) is 20.2 Å². The van der Waals surface area contributed by atoms with E-state index < -0.39 is 9.85 Å². The largest absolute Gasteiger partial charge is 0.470 e. The Labute approximate surface area is 315 Å². The topological polar surface area (TPSA) is 217 Å². The fourth-order valence-corrected chi connectivity index (χ4v) is 4.41. The maximum Gasteiger partial charge on any atom is 0.332 e. The van der Waals surface area contributed by atoms with Crippen LogP contribution in [0.2, 0.25) is 20.2 Å². The van der Waals surface area contributed by atoms with E-state index in [4.69, 9.17) is 80.9 Å². The van der Waals surface area contributed by atoms with Crippen molar-refractivity contribution in [3.8, 4) is 11.8 Å². The van der Waals surface area contributed by atoms with Gasteiger partial charge in [0.15, 0.2) is 0 Å². The molecule has 49 heavy (non-hydrogen) atoms. The standard InChI is InChI=1S/C9H9ClN2O4.C9H11ClN2O2.C5H2Cl2N2O2.C4H8O2.CH3.Pd/c10-6-3-8(12(13)14)9(11-4-6)16-7-1-2-15-5-7;10-6-3-8(11)9(12-4-6)14-7-1-2-13-5-7;6-3-1-4(9(10)11)5(7)8-2-3;5-4-1-2-6-3-4;;/h3-4,7H,1-2,5H2;3-4,7H,1-2,5,11H2;1-2H;4-5H,1-3H2;1H3;/q;;;;-1;/t2*7-;;4-;;/m11.1../s1. The minimum atomic E-state index is -0.638. The van der Waals surface area contributed by atoms with Gasteiger partial charge in [0.2, 0.25) is 11.0 Å². The molecule has 3 aromatic rings. The number of ether oxygens (including phenoxy) is 5. The van der Waals surface area contributed by atoms with Crippen LogP contribution >= 0.6 is 46.4 Å². The van der Waals surface area contributed by atoms with Gasteiger partial charge in [-0.15, -0.1) is 0 Å². The molecule has 6 heterocycles. The minimum Gasteiger partial charge on any atom is -0.470 e. The first-order chi connectivity index (χ1) is 22.4. The van der Waals surface area contributed by atoms with Crippen molar-refractivity contribution in [2.45, 2.75) is 37.6 Å². The van der Waals surface area contributed by atoms with Gasteiger partial charge in [-0.25, -0.2) is 15.0 Å². The van der Waals surface area contributed by atoms with Gasteiger partial charge in [0, 0.05) is 64.4 Å². The smallest absolute Gasteiger partial charge is 0.332 e. The molecule has 0 spiro atoms. The van der Waals surface area contributed by atoms with E-state index in [1.54, 1.807) is 6.07 Å². The molecule has 3 aliphatic heterocycles. The quantitative estimate of drug-likeness (QED) is 0.0984. The first-order valence-electron chi connectivity index (χ1n) is 13.8. The normalized spacial score (nSPS) is 18.8. The number of pyridine rings is 3. The van der Waals surface area contributed by atoms with E-state index in [-0.39, 0.29) is 78.6 Å². The van der Waals surface area contributed by atoms with Crippen molar-refractivity contribution in [3.63, 3.8) is 0 Å². The summed E-state index contributed by atoms with van der Waals surface area (Å²) < 4.78 is 26.0. The number of nitro groups is 2. The van der Waals surface area contributed by atoms with Crippen molar-refractivity contribution in [2.24, 2.45) is 0 Å². The number of anilines is 1. The van der Waals surface area contributed by atoms with Gasteiger partial charge >= 0.3 is 11.4 Å². The summed E-state index contributed by atoms with van der Waals surface area (Å²) in [6, 6.07) is 4.00. The zero-order chi connectivity index (χ0) is 34.3. The van der Waals surface area contributed by atoms with Crippen molar-refractivity contribution in [2.75, 3.05) is 45.4 Å². The molecule has 0 saturated carbocycles. The Bertz CT molecular complexity index is 1480. The molecule has 3 N–H and O–H groups in total. The number of hydrogen-bond acceptors (Lipinski definition) is 14. The van der Waals surface area contributed by atoms with Gasteiger partial charge < -0.3 is 42.0 Å². The summed E-state index contributed by atoms with van der Waals surface area (Å²) in [5.41, 5.74) is 5.65. The van der Waals surface area contributed by atoms with E-state index in [1.165, 1.54) is 24.7 Å². The van der Waals surface area contributed by atoms with Gasteiger partial charge in [0.25, 0.3) is 5.88 Å². The monoisotopic (exact) mass is 859 g/mol. The molecule has 0 radical (unpaired) electrons. The number of aliphatic hydroxyl groups excluding tert-OH is 1. The van der Waals surface area contributed by atoms with Crippen LogP contribution < -0.4 is 15.2 Å². The van der Waals surface area contributed by atoms with Crippen molar-refractivity contribution in [3.05, 3.63) is 84.7 Å². The molecule has 0 aromatic carbocycles. The minimum absolute atomic E-state index is 0. The van der Waals surface area contributed by atoms with Crippen molar-refractivity contribution < 1.29 is 59.1 Å². The van der Waals surface area contributed by atoms with E-state index in [2.05, 4.69) is 15.0 Å². The maximum atomic E-state index is 10.7. The number of aliphatic hydroxyl groups is 1. The first kappa shape index (κ1) is 44.3. The van der Waals surface area contributed by atoms with E-state index >= 15 is 0 Å². The fraction of sp³-hybridized carbons (Fsp3) is 0.429. The third-order valence-electron chi connectivity index (χ3n) is 6.06. The Hall–Kier alpha value is -2.69. The molecule has 0 bridgehead atoms. The predicted octanol–water partition coefficient (Wildman–Crippen LogP) is 5.81. The molecule has 3 fully saturated rings. The molecule has 3 aromatic heterocycles. The van der Waals surface area contributed by atoms with E-state index in [1.807, 2.05) is 0 Å². The number of nitrogen functional groups attached to an aromatic ring is 1. The van der Waals surface area contributed by atoms with Crippen LogP contribution in [-0.2, 0) is 34.6 Å². The number of halogens is 4. The molecular weight excluding hydrogens is 829 g/mol. The number of nitrogens with two attached hydrogens (primary N) is 1. The summed E-state index contributed by atoms with van der Waals surface area (Å²) >= 11 is 22.2. The summed E-state index contributed by atoms with van der Waals surface area (Å²) in [5.74, 6) is 0.426. The Balaban J connectivity index is 0.000000336. The molecule has 274 valence electrons. The molecule has 6 rings (SSSR count). The van der Waals surface area contributed by atoms with Crippen molar-refractivity contribution in [1.29, 1.82) is 0 Å². The van der Waals surface area contributed by atoms with Crippen molar-refractivity contribution in [1.82, 2.24) is 15.0 Å². The van der Waals surface area contributed by atoms with Crippen molar-refractivity contribution >= 4 is 63.5 Å². The van der Waals surface area contributed by atoms with Crippen LogP contribution in [0.25, 0.3) is 0 Å². The summed E-state index contributed by atoms with van der Waals surface area (Å²) in [6.45, 7) is 3.65. The molecule has 3 aliphatic rings. The maximum absolute atomic E-state index is 10.7. The number of nitrogens with zero attached hydrogens (tertiary/aromatic N) is 5. The van der Waals surface area contributed by atoms with Gasteiger partial charge in [0.1, 0.15) is 12.2 Å². The van der Waals surface area contributed by atoms with Crippen LogP contribution in [0.4, 0.5) is 17.1 Å². The first-order valence-corrected chi connectivity index (χ1v) is 15.3. The number of hydrogen-bond donors (Lipinski definition) is 2. The molecule has 21 heteroatoms. The molecule has 0 unspecified atom stereocenters. The predicted molar refractivity (Wildman–Crippen MR) is 178 cm³/mol. The molecule has 3 saturated heterocycles. The average Bonchev–Trinajstić information content (AvgIpc) is 3.83. The van der Waals surface area contributed by atoms with Crippen LogP contribution in [0.3, 0.4) is 0 Å². The van der Waals surface area contributed by atoms with Crippen LogP contribution in [0.1, 0.15) is 19.3 Å². The second-order valence-corrected chi connectivity index (χ2v) is 11.4. The second-order valence-electron chi connectivity index (χ2n) is 9.73. The SMILES string of the molecule is Nc1cc(Cl)cnc1O[C@@H]1CCOC1.O=[N+]([O-])c1cc(Cl)cnc1Cl.O=[N+]([O-])c1cc(Cl)cnc1O[C@@H]1CCOC1.O[C@@H]1CCOC1.[CH3-].[Pd].